The molecule has 0 fully saturated rings. The van der Waals surface area contributed by atoms with E-state index in [0.717, 1.165) is 6.20 Å². The molecule has 0 spiro atoms. The van der Waals surface area contributed by atoms with Crippen molar-refractivity contribution < 1.29 is 8.78 Å². The molecule has 1 N–H and O–H groups in total. The first-order valence-corrected chi connectivity index (χ1v) is 3.29. The number of aromatic nitrogens is 3. The van der Waals surface area contributed by atoms with Crippen LogP contribution in [0.5, 0.6) is 0 Å². The van der Waals surface area contributed by atoms with Gasteiger partial charge in [0.15, 0.2) is 0 Å². The molecule has 62 valence electrons. The molecule has 3 nitrogen and oxygen atoms in total. The third-order valence-electron chi connectivity index (χ3n) is 1.50. The zero-order chi connectivity index (χ0) is 8.48. The van der Waals surface area contributed by atoms with Crippen LogP contribution in [0.25, 0.3) is 0 Å². The Morgan fingerprint density at radius 3 is 2.55 bits per heavy atom. The van der Waals surface area contributed by atoms with E-state index in [4.69, 9.17) is 0 Å². The number of aromatic amines is 1. The summed E-state index contributed by atoms with van der Waals surface area (Å²) in [5, 5.41) is 8.65. The maximum absolute atomic E-state index is 13.0. The Bertz CT molecular complexity index is 218. The van der Waals surface area contributed by atoms with Gasteiger partial charge in [-0.2, -0.15) is 8.78 Å². The van der Waals surface area contributed by atoms with Crippen LogP contribution in [0.2, 0.25) is 0 Å². The van der Waals surface area contributed by atoms with Gasteiger partial charge in [-0.05, 0) is 0 Å². The number of H-pyrrole nitrogens is 1. The maximum Gasteiger partial charge on any atom is 0.292 e. The molecule has 0 saturated heterocycles. The lowest BCUT2D eigenvalue weighted by molar-refractivity contribution is -0.0555. The van der Waals surface area contributed by atoms with E-state index < -0.39 is 11.8 Å². The van der Waals surface area contributed by atoms with Gasteiger partial charge in [0.2, 0.25) is 0 Å². The van der Waals surface area contributed by atoms with E-state index in [1.54, 1.807) is 0 Å². The van der Waals surface area contributed by atoms with Crippen molar-refractivity contribution in [2.45, 2.75) is 19.8 Å². The van der Waals surface area contributed by atoms with Gasteiger partial charge in [-0.1, -0.05) is 19.1 Å². The lowest BCUT2D eigenvalue weighted by atomic mass is 10.0. The van der Waals surface area contributed by atoms with Crippen molar-refractivity contribution in [2.24, 2.45) is 5.92 Å². The zero-order valence-electron chi connectivity index (χ0n) is 6.31. The molecule has 0 amide bonds. The van der Waals surface area contributed by atoms with E-state index in [-0.39, 0.29) is 5.69 Å². The fourth-order valence-electron chi connectivity index (χ4n) is 0.670. The van der Waals surface area contributed by atoms with Crippen LogP contribution < -0.4 is 0 Å². The molecule has 0 bridgehead atoms. The number of hydrogen-bond acceptors (Lipinski definition) is 2. The van der Waals surface area contributed by atoms with Crippen LogP contribution in [0.15, 0.2) is 6.20 Å². The van der Waals surface area contributed by atoms with Crippen LogP contribution in [-0.4, -0.2) is 15.4 Å². The molecular formula is C6H9F2N3. The minimum atomic E-state index is -2.86. The zero-order valence-corrected chi connectivity index (χ0v) is 6.31. The molecule has 0 radical (unpaired) electrons. The summed E-state index contributed by atoms with van der Waals surface area (Å²) < 4.78 is 26.0. The summed E-state index contributed by atoms with van der Waals surface area (Å²) in [4.78, 5) is 0. The number of hydrogen-bond donors (Lipinski definition) is 1. The minimum absolute atomic E-state index is 0.229. The van der Waals surface area contributed by atoms with Crippen molar-refractivity contribution in [2.75, 3.05) is 0 Å². The fourth-order valence-corrected chi connectivity index (χ4v) is 0.670. The lowest BCUT2D eigenvalue weighted by Crippen LogP contribution is -2.21. The van der Waals surface area contributed by atoms with Crippen molar-refractivity contribution >= 4 is 0 Å². The first kappa shape index (κ1) is 8.10. The second kappa shape index (κ2) is 2.56. The Morgan fingerprint density at radius 1 is 1.55 bits per heavy atom. The predicted octanol–water partition coefficient (Wildman–Crippen LogP) is 1.55. The monoisotopic (exact) mass is 161 g/mol. The molecule has 0 atom stereocenters. The van der Waals surface area contributed by atoms with Gasteiger partial charge in [0.05, 0.1) is 6.20 Å². The summed E-state index contributed by atoms with van der Waals surface area (Å²) >= 11 is 0. The Labute approximate surface area is 62.8 Å². The normalized spacial score (nSPS) is 12.5. The summed E-state index contributed by atoms with van der Waals surface area (Å²) in [6, 6.07) is 0. The van der Waals surface area contributed by atoms with Gasteiger partial charge in [-0.15, -0.1) is 5.10 Å². The average Bonchev–Trinajstić information content (AvgIpc) is 2.37. The molecule has 1 rings (SSSR count). The van der Waals surface area contributed by atoms with Gasteiger partial charge in [0, 0.05) is 5.92 Å². The minimum Gasteiger partial charge on any atom is -0.256 e. The van der Waals surface area contributed by atoms with Crippen LogP contribution >= 0.6 is 0 Å². The van der Waals surface area contributed by atoms with Crippen LogP contribution in [-0.2, 0) is 5.92 Å². The van der Waals surface area contributed by atoms with E-state index >= 15 is 0 Å². The Morgan fingerprint density at radius 2 is 2.18 bits per heavy atom. The molecule has 11 heavy (non-hydrogen) atoms. The predicted molar refractivity (Wildman–Crippen MR) is 35.1 cm³/mol. The second-order valence-electron chi connectivity index (χ2n) is 2.65. The van der Waals surface area contributed by atoms with Crippen LogP contribution in [0.3, 0.4) is 0 Å². The van der Waals surface area contributed by atoms with Crippen molar-refractivity contribution in [3.8, 4) is 0 Å². The van der Waals surface area contributed by atoms with E-state index in [1.165, 1.54) is 13.8 Å². The summed E-state index contributed by atoms with van der Waals surface area (Å²) in [6.45, 7) is 2.89. The van der Waals surface area contributed by atoms with E-state index in [0.29, 0.717) is 0 Å². The molecule has 0 unspecified atom stereocenters. The van der Waals surface area contributed by atoms with Crippen molar-refractivity contribution in [1.29, 1.82) is 0 Å². The van der Waals surface area contributed by atoms with Gasteiger partial charge in [-0.3, -0.25) is 5.10 Å². The third-order valence-corrected chi connectivity index (χ3v) is 1.50. The first-order valence-electron chi connectivity index (χ1n) is 3.29. The molecule has 5 heteroatoms. The maximum atomic E-state index is 13.0. The number of nitrogens with one attached hydrogen (secondary N) is 1. The van der Waals surface area contributed by atoms with Gasteiger partial charge in [0.25, 0.3) is 5.92 Å². The first-order chi connectivity index (χ1) is 5.05. The molecule has 0 aliphatic heterocycles. The second-order valence-corrected chi connectivity index (χ2v) is 2.65. The van der Waals surface area contributed by atoms with E-state index in [2.05, 4.69) is 15.4 Å². The van der Waals surface area contributed by atoms with Crippen molar-refractivity contribution in [1.82, 2.24) is 15.4 Å². The molecule has 0 aliphatic rings. The van der Waals surface area contributed by atoms with Gasteiger partial charge in [0.1, 0.15) is 5.69 Å². The lowest BCUT2D eigenvalue weighted by Gasteiger charge is -2.17. The highest BCUT2D eigenvalue weighted by atomic mass is 19.3. The highest BCUT2D eigenvalue weighted by Crippen LogP contribution is 2.33. The van der Waals surface area contributed by atoms with Crippen LogP contribution in [0.4, 0.5) is 8.78 Å². The Hall–Kier alpha value is -1.00. The number of nitrogens with zero attached hydrogens (tertiary/aromatic N) is 2. The van der Waals surface area contributed by atoms with Gasteiger partial charge < -0.3 is 0 Å². The molecule has 0 aromatic carbocycles. The molecule has 1 aromatic heterocycles. The fraction of sp³-hybridized carbons (Fsp3) is 0.667. The Kier molecular flexibility index (Phi) is 1.89. The SMILES string of the molecule is CC(C)C(F)(F)c1cnn[nH]1. The quantitative estimate of drug-likeness (QED) is 0.715. The average molecular weight is 161 g/mol. The molecule has 1 aromatic rings. The van der Waals surface area contributed by atoms with Crippen LogP contribution in [0.1, 0.15) is 19.5 Å². The summed E-state index contributed by atoms with van der Waals surface area (Å²) in [5.74, 6) is -3.60. The largest absolute Gasteiger partial charge is 0.292 e. The molecule has 0 aliphatic carbocycles. The third kappa shape index (κ3) is 1.36. The van der Waals surface area contributed by atoms with Gasteiger partial charge >= 0.3 is 0 Å². The standard InChI is InChI=1S/C6H9F2N3/c1-4(2)6(7,8)5-3-9-11-10-5/h3-4H,1-2H3,(H,9,10,11). The van der Waals surface area contributed by atoms with Crippen LogP contribution in [0, 0.1) is 5.92 Å². The molecule has 1 heterocycles. The number of halogens is 2. The molecule has 0 saturated carbocycles. The van der Waals surface area contributed by atoms with Crippen molar-refractivity contribution in [3.05, 3.63) is 11.9 Å². The van der Waals surface area contributed by atoms with E-state index in [1.807, 2.05) is 0 Å². The highest BCUT2D eigenvalue weighted by Gasteiger charge is 2.37. The number of alkyl halides is 2. The summed E-state index contributed by atoms with van der Waals surface area (Å²) in [6.07, 6.45) is 1.04. The van der Waals surface area contributed by atoms with Gasteiger partial charge in [-0.25, -0.2) is 0 Å². The van der Waals surface area contributed by atoms with Crippen molar-refractivity contribution in [3.63, 3.8) is 0 Å². The number of rotatable bonds is 2. The smallest absolute Gasteiger partial charge is 0.256 e. The van der Waals surface area contributed by atoms with E-state index in [9.17, 15) is 8.78 Å². The summed E-state index contributed by atoms with van der Waals surface area (Å²) in [7, 11) is 0. The topological polar surface area (TPSA) is 41.6 Å². The molecular weight excluding hydrogens is 152 g/mol. The Balaban J connectivity index is 2.90. The highest BCUT2D eigenvalue weighted by molar-refractivity contribution is 5.01. The summed E-state index contributed by atoms with van der Waals surface area (Å²) in [5.41, 5.74) is -0.229.